The molecule has 86 valence electrons. The molecule has 0 saturated heterocycles. The van der Waals surface area contributed by atoms with Gasteiger partial charge in [-0.2, -0.15) is 10.1 Å². The van der Waals surface area contributed by atoms with Gasteiger partial charge in [0.05, 0.1) is 18.3 Å². The molecule has 6 heteroatoms. The highest BCUT2D eigenvalue weighted by Crippen LogP contribution is 2.14. The van der Waals surface area contributed by atoms with Crippen LogP contribution in [0.5, 0.6) is 0 Å². The van der Waals surface area contributed by atoms with Crippen molar-refractivity contribution in [1.82, 2.24) is 19.9 Å². The van der Waals surface area contributed by atoms with Crippen LogP contribution in [0.15, 0.2) is 16.9 Å². The van der Waals surface area contributed by atoms with Gasteiger partial charge in [0.1, 0.15) is 0 Å². The summed E-state index contributed by atoms with van der Waals surface area (Å²) in [5.41, 5.74) is 6.25. The number of hydrogen-bond donors (Lipinski definition) is 1. The highest BCUT2D eigenvalue weighted by molar-refractivity contribution is 5.50. The Bertz CT molecular complexity index is 459. The van der Waals surface area contributed by atoms with Crippen LogP contribution in [0.2, 0.25) is 0 Å². The lowest BCUT2D eigenvalue weighted by molar-refractivity contribution is 0.380. The predicted octanol–water partition coefficient (Wildman–Crippen LogP) is 1.05. The van der Waals surface area contributed by atoms with E-state index in [4.69, 9.17) is 10.3 Å². The van der Waals surface area contributed by atoms with Crippen LogP contribution >= 0.6 is 0 Å². The lowest BCUT2D eigenvalue weighted by atomic mass is 10.2. The monoisotopic (exact) mass is 221 g/mol. The normalized spacial score (nSPS) is 11.2. The molecule has 0 atom stereocenters. The highest BCUT2D eigenvalue weighted by Gasteiger charge is 2.09. The van der Waals surface area contributed by atoms with Gasteiger partial charge in [-0.25, -0.2) is 0 Å². The maximum Gasteiger partial charge on any atom is 0.240 e. The van der Waals surface area contributed by atoms with Crippen molar-refractivity contribution < 1.29 is 4.52 Å². The SMILES string of the molecule is CC(C)Cn1cc(-c2noc(CN)n2)cn1. The third-order valence-electron chi connectivity index (χ3n) is 2.09. The smallest absolute Gasteiger partial charge is 0.240 e. The van der Waals surface area contributed by atoms with Crippen LogP contribution < -0.4 is 5.73 Å². The molecule has 6 nitrogen and oxygen atoms in total. The molecule has 0 bridgehead atoms. The molecule has 0 aliphatic carbocycles. The van der Waals surface area contributed by atoms with Crippen LogP contribution in [0, 0.1) is 5.92 Å². The number of rotatable bonds is 4. The minimum atomic E-state index is 0.257. The Morgan fingerprint density at radius 2 is 2.31 bits per heavy atom. The third-order valence-corrected chi connectivity index (χ3v) is 2.09. The van der Waals surface area contributed by atoms with Gasteiger partial charge >= 0.3 is 0 Å². The first-order valence-electron chi connectivity index (χ1n) is 5.24. The first-order chi connectivity index (χ1) is 7.69. The van der Waals surface area contributed by atoms with Crippen molar-refractivity contribution in [2.45, 2.75) is 26.9 Å². The zero-order chi connectivity index (χ0) is 11.5. The summed E-state index contributed by atoms with van der Waals surface area (Å²) in [6, 6.07) is 0. The fourth-order valence-corrected chi connectivity index (χ4v) is 1.41. The van der Waals surface area contributed by atoms with Crippen molar-refractivity contribution in [3.8, 4) is 11.4 Å². The molecule has 2 aromatic rings. The molecule has 0 aliphatic heterocycles. The lowest BCUT2D eigenvalue weighted by Gasteiger charge is -2.02. The van der Waals surface area contributed by atoms with E-state index >= 15 is 0 Å². The van der Waals surface area contributed by atoms with E-state index in [1.165, 1.54) is 0 Å². The summed E-state index contributed by atoms with van der Waals surface area (Å²) in [5, 5.41) is 8.06. The molecule has 16 heavy (non-hydrogen) atoms. The van der Waals surface area contributed by atoms with Crippen LogP contribution in [-0.2, 0) is 13.1 Å². The molecule has 2 rings (SSSR count). The van der Waals surface area contributed by atoms with Crippen LogP contribution in [0.1, 0.15) is 19.7 Å². The summed E-state index contributed by atoms with van der Waals surface area (Å²) < 4.78 is 6.81. The molecule has 2 heterocycles. The van der Waals surface area contributed by atoms with Gasteiger partial charge in [0.15, 0.2) is 0 Å². The van der Waals surface area contributed by atoms with E-state index < -0.39 is 0 Å². The van der Waals surface area contributed by atoms with Crippen molar-refractivity contribution in [3.63, 3.8) is 0 Å². The number of hydrogen-bond acceptors (Lipinski definition) is 5. The molecule has 0 saturated carbocycles. The first-order valence-corrected chi connectivity index (χ1v) is 5.24. The third kappa shape index (κ3) is 2.27. The van der Waals surface area contributed by atoms with Crippen molar-refractivity contribution >= 4 is 0 Å². The highest BCUT2D eigenvalue weighted by atomic mass is 16.5. The van der Waals surface area contributed by atoms with E-state index in [1.54, 1.807) is 6.20 Å². The molecule has 0 unspecified atom stereocenters. The lowest BCUT2D eigenvalue weighted by Crippen LogP contribution is -2.04. The number of aromatic nitrogens is 4. The fourth-order valence-electron chi connectivity index (χ4n) is 1.41. The van der Waals surface area contributed by atoms with Gasteiger partial charge in [-0.3, -0.25) is 4.68 Å². The van der Waals surface area contributed by atoms with Gasteiger partial charge in [0.2, 0.25) is 11.7 Å². The molecule has 2 N–H and O–H groups in total. The van der Waals surface area contributed by atoms with E-state index in [1.807, 2.05) is 10.9 Å². The Morgan fingerprint density at radius 1 is 1.50 bits per heavy atom. The van der Waals surface area contributed by atoms with Crippen LogP contribution in [0.4, 0.5) is 0 Å². The Kier molecular flexibility index (Phi) is 3.00. The second-order valence-electron chi connectivity index (χ2n) is 4.06. The fraction of sp³-hybridized carbons (Fsp3) is 0.500. The van der Waals surface area contributed by atoms with E-state index in [0.717, 1.165) is 12.1 Å². The van der Waals surface area contributed by atoms with Crippen LogP contribution in [0.3, 0.4) is 0 Å². The molecular weight excluding hydrogens is 206 g/mol. The number of nitrogens with zero attached hydrogens (tertiary/aromatic N) is 4. The number of nitrogens with two attached hydrogens (primary N) is 1. The molecule has 0 aromatic carbocycles. The summed E-state index contributed by atoms with van der Waals surface area (Å²) in [5.74, 6) is 1.53. The molecular formula is C10H15N5O. The summed E-state index contributed by atoms with van der Waals surface area (Å²) >= 11 is 0. The van der Waals surface area contributed by atoms with Gasteiger partial charge in [-0.1, -0.05) is 19.0 Å². The Balaban J connectivity index is 2.17. The maximum absolute atomic E-state index is 5.40. The van der Waals surface area contributed by atoms with E-state index in [2.05, 4.69) is 29.1 Å². The molecule has 0 aliphatic rings. The second kappa shape index (κ2) is 4.44. The maximum atomic E-state index is 5.40. The largest absolute Gasteiger partial charge is 0.338 e. The van der Waals surface area contributed by atoms with E-state index in [0.29, 0.717) is 17.6 Å². The van der Waals surface area contributed by atoms with Crippen LogP contribution in [-0.4, -0.2) is 19.9 Å². The standard InChI is InChI=1S/C10H15N5O/c1-7(2)5-15-6-8(4-12-15)10-13-9(3-11)16-14-10/h4,6-7H,3,5,11H2,1-2H3. The van der Waals surface area contributed by atoms with Crippen molar-refractivity contribution in [2.24, 2.45) is 11.7 Å². The minimum Gasteiger partial charge on any atom is -0.338 e. The topological polar surface area (TPSA) is 82.8 Å². The molecule has 0 spiro atoms. The minimum absolute atomic E-state index is 0.257. The van der Waals surface area contributed by atoms with Gasteiger partial charge in [-0.15, -0.1) is 0 Å². The van der Waals surface area contributed by atoms with Crippen molar-refractivity contribution in [1.29, 1.82) is 0 Å². The Labute approximate surface area is 93.4 Å². The molecule has 0 radical (unpaired) electrons. The van der Waals surface area contributed by atoms with Gasteiger partial charge in [0, 0.05) is 12.7 Å². The molecule has 0 fully saturated rings. The second-order valence-corrected chi connectivity index (χ2v) is 4.06. The predicted molar refractivity (Wildman–Crippen MR) is 58.2 cm³/mol. The van der Waals surface area contributed by atoms with E-state index in [9.17, 15) is 0 Å². The molecule has 0 amide bonds. The average molecular weight is 221 g/mol. The van der Waals surface area contributed by atoms with Crippen LogP contribution in [0.25, 0.3) is 11.4 Å². The summed E-state index contributed by atoms with van der Waals surface area (Å²) in [6.45, 7) is 5.42. The summed E-state index contributed by atoms with van der Waals surface area (Å²) in [6.07, 6.45) is 3.64. The first kappa shape index (κ1) is 10.8. The quantitative estimate of drug-likeness (QED) is 0.834. The summed E-state index contributed by atoms with van der Waals surface area (Å²) in [4.78, 5) is 4.14. The Hall–Kier alpha value is -1.69. The summed E-state index contributed by atoms with van der Waals surface area (Å²) in [7, 11) is 0. The van der Waals surface area contributed by atoms with Crippen molar-refractivity contribution in [3.05, 3.63) is 18.3 Å². The molecule has 2 aromatic heterocycles. The zero-order valence-corrected chi connectivity index (χ0v) is 9.42. The van der Waals surface area contributed by atoms with Gasteiger partial charge in [0.25, 0.3) is 0 Å². The Morgan fingerprint density at radius 3 is 2.94 bits per heavy atom. The van der Waals surface area contributed by atoms with Crippen molar-refractivity contribution in [2.75, 3.05) is 0 Å². The van der Waals surface area contributed by atoms with E-state index in [-0.39, 0.29) is 6.54 Å². The zero-order valence-electron chi connectivity index (χ0n) is 9.42. The average Bonchev–Trinajstić information content (AvgIpc) is 2.83. The van der Waals surface area contributed by atoms with Gasteiger partial charge < -0.3 is 10.3 Å². The van der Waals surface area contributed by atoms with Gasteiger partial charge in [-0.05, 0) is 5.92 Å².